The normalized spacial score (nSPS) is 22.2. The van der Waals surface area contributed by atoms with Gasteiger partial charge in [0, 0.05) is 36.7 Å². The molecule has 0 unspecified atom stereocenters. The van der Waals surface area contributed by atoms with Crippen molar-refractivity contribution < 1.29 is 32.3 Å². The average Bonchev–Trinajstić information content (AvgIpc) is 3.37. The Morgan fingerprint density at radius 1 is 1.19 bits per heavy atom. The highest BCUT2D eigenvalue weighted by molar-refractivity contribution is 6.44. The van der Waals surface area contributed by atoms with Crippen molar-refractivity contribution in [3.05, 3.63) is 51.6 Å². The second-order valence-corrected chi connectivity index (χ2v) is 10.3. The Kier molecular flexibility index (Phi) is 5.59. The van der Waals surface area contributed by atoms with Crippen LogP contribution >= 0.6 is 11.6 Å². The fraction of sp³-hybridized carbons (Fsp3) is 0.440. The van der Waals surface area contributed by atoms with Crippen LogP contribution in [0.15, 0.2) is 18.2 Å². The number of amides is 2. The number of nitrogens with one attached hydrogen (secondary N) is 2. The van der Waals surface area contributed by atoms with Crippen LogP contribution in [-0.4, -0.2) is 39.4 Å². The number of alkyl halides is 2. The minimum Gasteiger partial charge on any atom is -0.336 e. The van der Waals surface area contributed by atoms with Crippen molar-refractivity contribution in [3.63, 3.8) is 0 Å². The number of Topliss-reactive ketones (excluding diaryl/α,β-unsaturated/α-hetero) is 2. The van der Waals surface area contributed by atoms with E-state index in [-0.39, 0.29) is 45.9 Å². The predicted molar refractivity (Wildman–Crippen MR) is 124 cm³/mol. The summed E-state index contributed by atoms with van der Waals surface area (Å²) in [6.45, 7) is 3.05. The van der Waals surface area contributed by atoms with Crippen molar-refractivity contribution in [2.24, 2.45) is 5.92 Å². The van der Waals surface area contributed by atoms with E-state index >= 15 is 0 Å². The Labute approximate surface area is 209 Å². The molecular formula is C25H23ClF3N3O4. The van der Waals surface area contributed by atoms with Gasteiger partial charge in [0.2, 0.25) is 0 Å². The van der Waals surface area contributed by atoms with E-state index in [1.54, 1.807) is 11.5 Å². The Balaban J connectivity index is 1.45. The summed E-state index contributed by atoms with van der Waals surface area (Å²) in [5.41, 5.74) is -0.468. The third kappa shape index (κ3) is 3.82. The number of nitrogens with zero attached hydrogens (tertiary/aromatic N) is 1. The summed E-state index contributed by atoms with van der Waals surface area (Å²) in [7, 11) is 0. The predicted octanol–water partition coefficient (Wildman–Crippen LogP) is 4.40. The van der Waals surface area contributed by atoms with Gasteiger partial charge in [0.25, 0.3) is 23.5 Å². The molecule has 2 aromatic rings. The SMILES string of the molecule is CCC(=O)C1(NC(=O)C(=O)c2c(C)c(C(=O)Nc3ccc(F)c(Cl)c3)n3c2C[C@@H]2C[C@@H]23)CC(F)(F)C1. The van der Waals surface area contributed by atoms with Crippen LogP contribution in [0.3, 0.4) is 0 Å². The number of rotatable bonds is 7. The quantitative estimate of drug-likeness (QED) is 0.417. The third-order valence-electron chi connectivity index (χ3n) is 7.38. The standard InChI is InChI=1S/C25H23ClF3N3O4/c1-3-18(33)24(9-25(28,29)10-24)31-23(36)21(34)19-11(2)20(32-16-6-12(16)7-17(19)32)22(35)30-13-4-5-15(27)14(26)8-13/h4-5,8,12,16H,3,6-7,9-10H2,1-2H3,(H,30,35)(H,31,36)/t12-,16-/m0/s1. The smallest absolute Gasteiger partial charge is 0.293 e. The van der Waals surface area contributed by atoms with Gasteiger partial charge >= 0.3 is 0 Å². The molecular weight excluding hydrogens is 499 g/mol. The van der Waals surface area contributed by atoms with Crippen LogP contribution in [0, 0.1) is 18.7 Å². The van der Waals surface area contributed by atoms with E-state index in [1.165, 1.54) is 19.1 Å². The minimum absolute atomic E-state index is 0.0132. The zero-order valence-electron chi connectivity index (χ0n) is 19.5. The van der Waals surface area contributed by atoms with Gasteiger partial charge in [-0.05, 0) is 49.4 Å². The second-order valence-electron chi connectivity index (χ2n) is 9.87. The summed E-state index contributed by atoms with van der Waals surface area (Å²) < 4.78 is 42.6. The molecule has 2 fully saturated rings. The molecule has 2 atom stereocenters. The number of fused-ring (bicyclic) bond motifs is 3. The molecule has 2 N–H and O–H groups in total. The van der Waals surface area contributed by atoms with E-state index in [9.17, 15) is 32.3 Å². The first kappa shape index (κ1) is 24.5. The van der Waals surface area contributed by atoms with Crippen LogP contribution < -0.4 is 10.6 Å². The van der Waals surface area contributed by atoms with Gasteiger partial charge < -0.3 is 15.2 Å². The maximum atomic E-state index is 13.6. The van der Waals surface area contributed by atoms with E-state index in [0.717, 1.165) is 12.5 Å². The Morgan fingerprint density at radius 3 is 2.50 bits per heavy atom. The molecule has 2 aliphatic carbocycles. The van der Waals surface area contributed by atoms with Crippen LogP contribution in [0.2, 0.25) is 5.02 Å². The Hall–Kier alpha value is -3.14. The van der Waals surface area contributed by atoms with Gasteiger partial charge in [0.15, 0.2) is 5.78 Å². The van der Waals surface area contributed by atoms with Gasteiger partial charge in [-0.25, -0.2) is 13.2 Å². The minimum atomic E-state index is -3.09. The van der Waals surface area contributed by atoms with Gasteiger partial charge in [0.1, 0.15) is 17.1 Å². The van der Waals surface area contributed by atoms with Crippen LogP contribution in [0.4, 0.5) is 18.9 Å². The number of benzene rings is 1. The van der Waals surface area contributed by atoms with Crippen molar-refractivity contribution in [2.75, 3.05) is 5.32 Å². The lowest BCUT2D eigenvalue weighted by Gasteiger charge is -2.46. The fourth-order valence-corrected chi connectivity index (χ4v) is 5.79. The number of halogens is 4. The number of hydrogen-bond acceptors (Lipinski definition) is 4. The number of ketones is 2. The third-order valence-corrected chi connectivity index (χ3v) is 7.67. The van der Waals surface area contributed by atoms with E-state index in [0.29, 0.717) is 12.1 Å². The molecule has 0 radical (unpaired) electrons. The number of anilines is 1. The van der Waals surface area contributed by atoms with Crippen molar-refractivity contribution in [3.8, 4) is 0 Å². The fourth-order valence-electron chi connectivity index (χ4n) is 5.61. The number of hydrogen-bond donors (Lipinski definition) is 2. The van der Waals surface area contributed by atoms with Gasteiger partial charge in [-0.15, -0.1) is 0 Å². The first-order valence-corrected chi connectivity index (χ1v) is 12.0. The first-order valence-electron chi connectivity index (χ1n) is 11.7. The largest absolute Gasteiger partial charge is 0.336 e. The van der Waals surface area contributed by atoms with Gasteiger partial charge in [-0.2, -0.15) is 0 Å². The molecule has 36 heavy (non-hydrogen) atoms. The summed E-state index contributed by atoms with van der Waals surface area (Å²) >= 11 is 5.81. The van der Waals surface area contributed by atoms with Gasteiger partial charge in [0.05, 0.1) is 10.6 Å². The summed E-state index contributed by atoms with van der Waals surface area (Å²) in [6.07, 6.45) is -0.446. The highest BCUT2D eigenvalue weighted by Gasteiger charge is 2.61. The van der Waals surface area contributed by atoms with Crippen LogP contribution in [0.5, 0.6) is 0 Å². The molecule has 3 aliphatic rings. The second kappa shape index (κ2) is 8.19. The van der Waals surface area contributed by atoms with Crippen LogP contribution in [-0.2, 0) is 16.0 Å². The zero-order valence-corrected chi connectivity index (χ0v) is 20.3. The lowest BCUT2D eigenvalue weighted by Crippen LogP contribution is -2.67. The van der Waals surface area contributed by atoms with Crippen molar-refractivity contribution in [1.82, 2.24) is 9.88 Å². The first-order chi connectivity index (χ1) is 16.9. The molecule has 0 bridgehead atoms. The Morgan fingerprint density at radius 2 is 1.89 bits per heavy atom. The Bertz CT molecular complexity index is 1340. The molecule has 2 saturated carbocycles. The lowest BCUT2D eigenvalue weighted by molar-refractivity contribution is -0.163. The number of aromatic nitrogens is 1. The molecule has 7 nitrogen and oxygen atoms in total. The monoisotopic (exact) mass is 521 g/mol. The van der Waals surface area contributed by atoms with Crippen LogP contribution in [0.25, 0.3) is 0 Å². The molecule has 5 rings (SSSR count). The van der Waals surface area contributed by atoms with Crippen LogP contribution in [0.1, 0.15) is 70.8 Å². The van der Waals surface area contributed by atoms with Crippen molar-refractivity contribution in [1.29, 1.82) is 0 Å². The molecule has 1 aromatic heterocycles. The topological polar surface area (TPSA) is 97.3 Å². The van der Waals surface area contributed by atoms with E-state index in [2.05, 4.69) is 10.6 Å². The molecule has 0 saturated heterocycles. The number of carbonyl (C=O) groups excluding carboxylic acids is 4. The summed E-state index contributed by atoms with van der Waals surface area (Å²) in [5, 5.41) is 4.77. The summed E-state index contributed by atoms with van der Waals surface area (Å²) in [5.74, 6) is -6.74. The molecule has 190 valence electrons. The molecule has 1 aliphatic heterocycles. The molecule has 2 amide bonds. The summed E-state index contributed by atoms with van der Waals surface area (Å²) in [6, 6.07) is 3.73. The zero-order chi connectivity index (χ0) is 26.2. The molecule has 2 heterocycles. The van der Waals surface area contributed by atoms with E-state index in [4.69, 9.17) is 11.6 Å². The molecule has 1 aromatic carbocycles. The van der Waals surface area contributed by atoms with Gasteiger partial charge in [-0.1, -0.05) is 18.5 Å². The lowest BCUT2D eigenvalue weighted by atomic mass is 9.69. The summed E-state index contributed by atoms with van der Waals surface area (Å²) in [4.78, 5) is 51.8. The van der Waals surface area contributed by atoms with E-state index < -0.39 is 53.5 Å². The number of carbonyl (C=O) groups is 4. The average molecular weight is 522 g/mol. The van der Waals surface area contributed by atoms with Crippen molar-refractivity contribution in [2.45, 2.75) is 63.5 Å². The highest BCUT2D eigenvalue weighted by Crippen LogP contribution is 2.54. The highest BCUT2D eigenvalue weighted by atomic mass is 35.5. The van der Waals surface area contributed by atoms with Gasteiger partial charge in [-0.3, -0.25) is 19.2 Å². The van der Waals surface area contributed by atoms with Crippen molar-refractivity contribution >= 4 is 40.7 Å². The van der Waals surface area contributed by atoms with E-state index in [1.807, 2.05) is 0 Å². The maximum Gasteiger partial charge on any atom is 0.293 e. The maximum absolute atomic E-state index is 13.6. The molecule has 11 heteroatoms. The molecule has 0 spiro atoms.